The van der Waals surface area contributed by atoms with Crippen LogP contribution < -0.4 is 4.74 Å². The quantitative estimate of drug-likeness (QED) is 0.446. The maximum Gasteiger partial charge on any atom is 0.326 e. The summed E-state index contributed by atoms with van der Waals surface area (Å²) in [5.41, 5.74) is 0.498. The molecule has 28 heavy (non-hydrogen) atoms. The maximum absolute atomic E-state index is 12.8. The lowest BCUT2D eigenvalue weighted by atomic mass is 9.85. The number of hydrogen-bond donors (Lipinski definition) is 1. The van der Waals surface area contributed by atoms with Gasteiger partial charge in [-0.1, -0.05) is 32.0 Å². The summed E-state index contributed by atoms with van der Waals surface area (Å²) in [4.78, 5) is 36.3. The average molecular weight is 384 g/mol. The van der Waals surface area contributed by atoms with Crippen molar-refractivity contribution in [3.8, 4) is 5.75 Å². The second-order valence-corrected chi connectivity index (χ2v) is 6.92. The van der Waals surface area contributed by atoms with Crippen LogP contribution >= 0.6 is 0 Å². The van der Waals surface area contributed by atoms with Crippen molar-refractivity contribution in [2.24, 2.45) is 5.92 Å². The number of aliphatic carboxylic acids is 1. The fourth-order valence-electron chi connectivity index (χ4n) is 3.41. The number of amides is 1. The molecule has 3 atom stereocenters. The van der Waals surface area contributed by atoms with Crippen molar-refractivity contribution in [3.05, 3.63) is 70.3 Å². The number of carboxylic acids is 1. The topological polar surface area (TPSA) is 110 Å². The van der Waals surface area contributed by atoms with Gasteiger partial charge in [0, 0.05) is 12.1 Å². The van der Waals surface area contributed by atoms with E-state index in [0.717, 1.165) is 0 Å². The first-order chi connectivity index (χ1) is 13.3. The lowest BCUT2D eigenvalue weighted by Crippen LogP contribution is -2.67. The number of β-lactam (4-membered cyclic amide) rings is 1. The summed E-state index contributed by atoms with van der Waals surface area (Å²) in [5.74, 6) is -1.36. The van der Waals surface area contributed by atoms with Gasteiger partial charge in [0.1, 0.15) is 17.8 Å². The number of nitro benzene ring substituents is 1. The van der Waals surface area contributed by atoms with E-state index in [0.29, 0.717) is 11.3 Å². The average Bonchev–Trinajstić information content (AvgIpc) is 2.67. The van der Waals surface area contributed by atoms with Crippen molar-refractivity contribution >= 4 is 17.6 Å². The Labute approximate surface area is 161 Å². The van der Waals surface area contributed by atoms with Gasteiger partial charge in [0.15, 0.2) is 0 Å². The van der Waals surface area contributed by atoms with Crippen LogP contribution in [0, 0.1) is 16.0 Å². The molecule has 0 aliphatic carbocycles. The zero-order valence-corrected chi connectivity index (χ0v) is 15.4. The van der Waals surface area contributed by atoms with Gasteiger partial charge in [-0.05, 0) is 35.7 Å². The van der Waals surface area contributed by atoms with Gasteiger partial charge in [0.25, 0.3) is 11.6 Å². The highest BCUT2D eigenvalue weighted by molar-refractivity contribution is 5.93. The predicted octanol–water partition coefficient (Wildman–Crippen LogP) is 3.03. The number of para-hydroxylation sites is 1. The summed E-state index contributed by atoms with van der Waals surface area (Å²) < 4.78 is 5.83. The Morgan fingerprint density at radius 2 is 1.75 bits per heavy atom. The molecular formula is C20H20N2O6. The van der Waals surface area contributed by atoms with Crippen molar-refractivity contribution in [2.75, 3.05) is 0 Å². The SMILES string of the molecule is CC(C)C(C(=O)O)N1C(=O)C(Oc2ccccc2)C1c1ccc([N+](=O)[O-])cc1. The molecule has 1 saturated heterocycles. The van der Waals surface area contributed by atoms with Crippen molar-refractivity contribution in [1.82, 2.24) is 4.90 Å². The number of ether oxygens (including phenoxy) is 1. The van der Waals surface area contributed by atoms with Crippen LogP contribution in [0.5, 0.6) is 5.75 Å². The third-order valence-electron chi connectivity index (χ3n) is 4.72. The van der Waals surface area contributed by atoms with Gasteiger partial charge >= 0.3 is 5.97 Å². The number of hydrogen-bond acceptors (Lipinski definition) is 5. The first-order valence-corrected chi connectivity index (χ1v) is 8.82. The number of carboxylic acid groups (broad SMARTS) is 1. The molecule has 2 aromatic rings. The number of nitro groups is 1. The smallest absolute Gasteiger partial charge is 0.326 e. The van der Waals surface area contributed by atoms with Crippen molar-refractivity contribution in [1.29, 1.82) is 0 Å². The van der Waals surface area contributed by atoms with E-state index in [4.69, 9.17) is 4.74 Å². The normalized spacial score (nSPS) is 19.8. The molecule has 8 heteroatoms. The highest BCUT2D eigenvalue weighted by Gasteiger charge is 2.55. The van der Waals surface area contributed by atoms with E-state index in [-0.39, 0.29) is 11.6 Å². The van der Waals surface area contributed by atoms with Crippen LogP contribution in [0.15, 0.2) is 54.6 Å². The number of nitrogens with zero attached hydrogens (tertiary/aromatic N) is 2. The molecule has 1 amide bonds. The summed E-state index contributed by atoms with van der Waals surface area (Å²) in [6.45, 7) is 3.45. The fourth-order valence-corrected chi connectivity index (χ4v) is 3.41. The molecule has 8 nitrogen and oxygen atoms in total. The van der Waals surface area contributed by atoms with E-state index in [2.05, 4.69) is 0 Å². The zero-order chi connectivity index (χ0) is 20.4. The first-order valence-electron chi connectivity index (χ1n) is 8.82. The molecule has 0 aromatic heterocycles. The van der Waals surface area contributed by atoms with Crippen LogP contribution in [0.4, 0.5) is 5.69 Å². The van der Waals surface area contributed by atoms with Crippen LogP contribution in [-0.4, -0.2) is 39.0 Å². The first kappa shape index (κ1) is 19.3. The van der Waals surface area contributed by atoms with E-state index in [1.807, 2.05) is 6.07 Å². The van der Waals surface area contributed by atoms with Crippen molar-refractivity contribution in [2.45, 2.75) is 32.0 Å². The number of non-ortho nitro benzene ring substituents is 1. The van der Waals surface area contributed by atoms with Crippen LogP contribution in [0.3, 0.4) is 0 Å². The Balaban J connectivity index is 1.97. The molecule has 0 spiro atoms. The number of benzene rings is 2. The van der Waals surface area contributed by atoms with Gasteiger partial charge in [-0.15, -0.1) is 0 Å². The molecule has 3 rings (SSSR count). The number of carbonyl (C=O) groups is 2. The third kappa shape index (κ3) is 3.53. The molecule has 0 radical (unpaired) electrons. The van der Waals surface area contributed by atoms with Gasteiger partial charge in [0.2, 0.25) is 6.10 Å². The molecule has 3 unspecified atom stereocenters. The standard InChI is InChI=1S/C20H20N2O6/c1-12(2)16(20(24)25)21-17(13-8-10-14(11-9-13)22(26)27)18(19(21)23)28-15-6-4-3-5-7-15/h3-12,16-18H,1-2H3,(H,24,25). The van der Waals surface area contributed by atoms with Gasteiger partial charge < -0.3 is 14.7 Å². The molecule has 1 fully saturated rings. The zero-order valence-electron chi connectivity index (χ0n) is 15.4. The van der Waals surface area contributed by atoms with Crippen LogP contribution in [-0.2, 0) is 9.59 Å². The Morgan fingerprint density at radius 1 is 1.14 bits per heavy atom. The summed E-state index contributed by atoms with van der Waals surface area (Å²) in [5, 5.41) is 20.5. The van der Waals surface area contributed by atoms with Crippen LogP contribution in [0.25, 0.3) is 0 Å². The molecule has 1 aliphatic rings. The van der Waals surface area contributed by atoms with Crippen LogP contribution in [0.1, 0.15) is 25.5 Å². The molecule has 0 bridgehead atoms. The molecule has 1 heterocycles. The Kier molecular flexibility index (Phi) is 5.30. The highest BCUT2D eigenvalue weighted by Crippen LogP contribution is 2.41. The van der Waals surface area contributed by atoms with E-state index in [9.17, 15) is 24.8 Å². The lowest BCUT2D eigenvalue weighted by molar-refractivity contribution is -0.384. The van der Waals surface area contributed by atoms with E-state index < -0.39 is 35.0 Å². The number of likely N-dealkylation sites (tertiary alicyclic amines) is 1. The molecule has 146 valence electrons. The number of carbonyl (C=O) groups excluding carboxylic acids is 1. The van der Waals surface area contributed by atoms with Crippen LogP contribution in [0.2, 0.25) is 0 Å². The van der Waals surface area contributed by atoms with Gasteiger partial charge in [-0.2, -0.15) is 0 Å². The Hall–Kier alpha value is -3.42. The van der Waals surface area contributed by atoms with Gasteiger partial charge in [0.05, 0.1) is 4.92 Å². The predicted molar refractivity (Wildman–Crippen MR) is 99.8 cm³/mol. The van der Waals surface area contributed by atoms with Gasteiger partial charge in [-0.25, -0.2) is 4.79 Å². The lowest BCUT2D eigenvalue weighted by Gasteiger charge is -2.50. The maximum atomic E-state index is 12.8. The van der Waals surface area contributed by atoms with Crippen molar-refractivity contribution in [3.63, 3.8) is 0 Å². The molecule has 2 aromatic carbocycles. The minimum atomic E-state index is -1.10. The Bertz CT molecular complexity index is 881. The number of rotatable bonds is 7. The van der Waals surface area contributed by atoms with E-state index >= 15 is 0 Å². The summed E-state index contributed by atoms with van der Waals surface area (Å²) in [6.07, 6.45) is -0.899. The second kappa shape index (κ2) is 7.67. The summed E-state index contributed by atoms with van der Waals surface area (Å²) >= 11 is 0. The minimum absolute atomic E-state index is 0.0832. The summed E-state index contributed by atoms with van der Waals surface area (Å²) in [7, 11) is 0. The molecular weight excluding hydrogens is 364 g/mol. The molecule has 1 N–H and O–H groups in total. The highest BCUT2D eigenvalue weighted by atomic mass is 16.6. The Morgan fingerprint density at radius 3 is 2.25 bits per heavy atom. The minimum Gasteiger partial charge on any atom is -0.480 e. The van der Waals surface area contributed by atoms with Crippen molar-refractivity contribution < 1.29 is 24.4 Å². The van der Waals surface area contributed by atoms with E-state index in [1.165, 1.54) is 29.2 Å². The monoisotopic (exact) mass is 384 g/mol. The molecule has 1 aliphatic heterocycles. The molecule has 0 saturated carbocycles. The largest absolute Gasteiger partial charge is 0.480 e. The second-order valence-electron chi connectivity index (χ2n) is 6.92. The van der Waals surface area contributed by atoms with E-state index in [1.54, 1.807) is 38.1 Å². The van der Waals surface area contributed by atoms with Gasteiger partial charge in [-0.3, -0.25) is 14.9 Å². The summed E-state index contributed by atoms with van der Waals surface area (Å²) in [6, 6.07) is 12.8. The fraction of sp³-hybridized carbons (Fsp3) is 0.300. The third-order valence-corrected chi connectivity index (χ3v) is 4.72.